The third-order valence-electron chi connectivity index (χ3n) is 2.89. The predicted octanol–water partition coefficient (Wildman–Crippen LogP) is 3.23. The third kappa shape index (κ3) is 4.33. The van der Waals surface area contributed by atoms with E-state index < -0.39 is 0 Å². The van der Waals surface area contributed by atoms with Crippen LogP contribution in [0.3, 0.4) is 0 Å². The van der Waals surface area contributed by atoms with E-state index in [1.54, 1.807) is 12.4 Å². The summed E-state index contributed by atoms with van der Waals surface area (Å²) in [6.07, 6.45) is 3.48. The number of hydrogen-bond donors (Lipinski definition) is 1. The summed E-state index contributed by atoms with van der Waals surface area (Å²) in [5.41, 5.74) is 2.03. The molecule has 0 radical (unpaired) electrons. The Morgan fingerprint density at radius 1 is 1.16 bits per heavy atom. The smallest absolute Gasteiger partial charge is 0.0782 e. The highest BCUT2D eigenvalue weighted by atomic mass is 32.2. The van der Waals surface area contributed by atoms with Crippen molar-refractivity contribution in [2.24, 2.45) is 0 Å². The van der Waals surface area contributed by atoms with E-state index in [-0.39, 0.29) is 6.04 Å². The molecule has 0 fully saturated rings. The molecule has 0 aliphatic carbocycles. The van der Waals surface area contributed by atoms with E-state index >= 15 is 0 Å². The number of thioether (sulfide) groups is 1. The fourth-order valence-electron chi connectivity index (χ4n) is 1.90. The molecule has 1 aromatic carbocycles. The van der Waals surface area contributed by atoms with Crippen LogP contribution in [0.15, 0.2) is 47.6 Å². The molecule has 0 amide bonds. The molecule has 1 atom stereocenters. The topological polar surface area (TPSA) is 37.8 Å². The van der Waals surface area contributed by atoms with E-state index in [9.17, 15) is 0 Å². The lowest BCUT2D eigenvalue weighted by Gasteiger charge is -2.14. The van der Waals surface area contributed by atoms with Crippen molar-refractivity contribution in [1.82, 2.24) is 15.3 Å². The Bertz CT molecular complexity index is 502. The summed E-state index contributed by atoms with van der Waals surface area (Å²) >= 11 is 1.86. The van der Waals surface area contributed by atoms with Crippen molar-refractivity contribution in [3.63, 3.8) is 0 Å². The van der Waals surface area contributed by atoms with Gasteiger partial charge in [0.05, 0.1) is 11.4 Å². The largest absolute Gasteiger partial charge is 0.308 e. The molecule has 1 heterocycles. The summed E-state index contributed by atoms with van der Waals surface area (Å²) in [5.74, 6) is 1.05. The molecular weight excluding hydrogens is 254 g/mol. The van der Waals surface area contributed by atoms with Gasteiger partial charge in [0.15, 0.2) is 0 Å². The summed E-state index contributed by atoms with van der Waals surface area (Å²) in [7, 11) is 0. The van der Waals surface area contributed by atoms with Gasteiger partial charge in [-0.05, 0) is 26.0 Å². The molecule has 1 unspecified atom stereocenters. The number of nitrogens with zero attached hydrogens (tertiary/aromatic N) is 2. The zero-order chi connectivity index (χ0) is 13.5. The summed E-state index contributed by atoms with van der Waals surface area (Å²) in [4.78, 5) is 9.96. The number of rotatable bonds is 6. The van der Waals surface area contributed by atoms with E-state index in [2.05, 4.69) is 46.5 Å². The van der Waals surface area contributed by atoms with Crippen LogP contribution in [0.5, 0.6) is 0 Å². The molecule has 0 saturated carbocycles. The first-order valence-corrected chi connectivity index (χ1v) is 7.44. The molecule has 1 N–H and O–H groups in total. The second kappa shape index (κ2) is 7.26. The lowest BCUT2D eigenvalue weighted by atomic mass is 10.2. The van der Waals surface area contributed by atoms with Crippen LogP contribution in [0.4, 0.5) is 0 Å². The Hall–Kier alpha value is -1.39. The van der Waals surface area contributed by atoms with E-state index in [4.69, 9.17) is 0 Å². The van der Waals surface area contributed by atoms with Crippen LogP contribution in [-0.4, -0.2) is 22.3 Å². The van der Waals surface area contributed by atoms with Crippen molar-refractivity contribution in [3.05, 3.63) is 54.1 Å². The van der Waals surface area contributed by atoms with Crippen LogP contribution < -0.4 is 5.32 Å². The molecule has 1 aromatic heterocycles. The Kier molecular flexibility index (Phi) is 5.36. The zero-order valence-electron chi connectivity index (χ0n) is 11.3. The molecule has 0 aliphatic heterocycles. The van der Waals surface area contributed by atoms with E-state index in [0.29, 0.717) is 0 Å². The predicted molar refractivity (Wildman–Crippen MR) is 80.4 cm³/mol. The molecule has 0 saturated heterocycles. The SMILES string of the molecule is Cc1nccnc1C(C)NCCSc1ccccc1. The Morgan fingerprint density at radius 2 is 1.89 bits per heavy atom. The summed E-state index contributed by atoms with van der Waals surface area (Å²) in [5, 5.41) is 3.49. The maximum absolute atomic E-state index is 4.38. The minimum absolute atomic E-state index is 0.241. The molecule has 0 aliphatic rings. The van der Waals surface area contributed by atoms with Gasteiger partial charge < -0.3 is 5.32 Å². The van der Waals surface area contributed by atoms with Crippen molar-refractivity contribution in [3.8, 4) is 0 Å². The van der Waals surface area contributed by atoms with Gasteiger partial charge in [-0.1, -0.05) is 18.2 Å². The van der Waals surface area contributed by atoms with Gasteiger partial charge in [-0.15, -0.1) is 11.8 Å². The first kappa shape index (κ1) is 14.0. The highest BCUT2D eigenvalue weighted by Crippen LogP contribution is 2.17. The van der Waals surface area contributed by atoms with Gasteiger partial charge in [0.1, 0.15) is 0 Å². The lowest BCUT2D eigenvalue weighted by Crippen LogP contribution is -2.23. The number of aryl methyl sites for hydroxylation is 1. The first-order chi connectivity index (χ1) is 9.27. The van der Waals surface area contributed by atoms with Gasteiger partial charge in [-0.2, -0.15) is 0 Å². The van der Waals surface area contributed by atoms with E-state index in [0.717, 1.165) is 23.7 Å². The maximum Gasteiger partial charge on any atom is 0.0782 e. The molecule has 2 rings (SSSR count). The number of hydrogen-bond acceptors (Lipinski definition) is 4. The minimum Gasteiger partial charge on any atom is -0.308 e. The molecule has 0 spiro atoms. The highest BCUT2D eigenvalue weighted by molar-refractivity contribution is 7.99. The van der Waals surface area contributed by atoms with Crippen molar-refractivity contribution in [2.45, 2.75) is 24.8 Å². The van der Waals surface area contributed by atoms with Gasteiger partial charge in [-0.3, -0.25) is 9.97 Å². The summed E-state index contributed by atoms with van der Waals surface area (Å²) in [6.45, 7) is 5.08. The molecule has 19 heavy (non-hydrogen) atoms. The average molecular weight is 273 g/mol. The first-order valence-electron chi connectivity index (χ1n) is 6.46. The molecule has 4 heteroatoms. The quantitative estimate of drug-likeness (QED) is 0.648. The molecule has 3 nitrogen and oxygen atoms in total. The second-order valence-electron chi connectivity index (χ2n) is 4.36. The lowest BCUT2D eigenvalue weighted by molar-refractivity contribution is 0.579. The number of benzene rings is 1. The summed E-state index contributed by atoms with van der Waals surface area (Å²) in [6, 6.07) is 10.7. The zero-order valence-corrected chi connectivity index (χ0v) is 12.2. The van der Waals surface area contributed by atoms with Crippen molar-refractivity contribution in [1.29, 1.82) is 0 Å². The Labute approximate surface area is 118 Å². The fraction of sp³-hybridized carbons (Fsp3) is 0.333. The normalized spacial score (nSPS) is 12.3. The molecular formula is C15H19N3S. The van der Waals surface area contributed by atoms with Gasteiger partial charge >= 0.3 is 0 Å². The standard InChI is InChI=1S/C15H19N3S/c1-12-15(18-9-8-16-12)13(2)17-10-11-19-14-6-4-3-5-7-14/h3-9,13,17H,10-11H2,1-2H3. The van der Waals surface area contributed by atoms with Gasteiger partial charge in [-0.25, -0.2) is 0 Å². The van der Waals surface area contributed by atoms with Gasteiger partial charge in [0.25, 0.3) is 0 Å². The van der Waals surface area contributed by atoms with Crippen LogP contribution in [0.1, 0.15) is 24.4 Å². The van der Waals surface area contributed by atoms with Crippen molar-refractivity contribution in [2.75, 3.05) is 12.3 Å². The van der Waals surface area contributed by atoms with Gasteiger partial charge in [0.2, 0.25) is 0 Å². The van der Waals surface area contributed by atoms with E-state index in [1.807, 2.05) is 24.8 Å². The molecule has 0 bridgehead atoms. The Balaban J connectivity index is 1.76. The van der Waals surface area contributed by atoms with Crippen LogP contribution in [-0.2, 0) is 0 Å². The van der Waals surface area contributed by atoms with Crippen molar-refractivity contribution < 1.29 is 0 Å². The van der Waals surface area contributed by atoms with E-state index in [1.165, 1.54) is 4.90 Å². The van der Waals surface area contributed by atoms with Crippen LogP contribution in [0.2, 0.25) is 0 Å². The Morgan fingerprint density at radius 3 is 2.63 bits per heavy atom. The third-order valence-corrected chi connectivity index (χ3v) is 3.91. The number of aromatic nitrogens is 2. The average Bonchev–Trinajstić information content (AvgIpc) is 2.45. The minimum atomic E-state index is 0.241. The highest BCUT2D eigenvalue weighted by Gasteiger charge is 2.09. The van der Waals surface area contributed by atoms with Crippen LogP contribution in [0.25, 0.3) is 0 Å². The van der Waals surface area contributed by atoms with Gasteiger partial charge in [0, 0.05) is 35.6 Å². The van der Waals surface area contributed by atoms with Crippen LogP contribution in [0, 0.1) is 6.92 Å². The summed E-state index contributed by atoms with van der Waals surface area (Å²) < 4.78 is 0. The van der Waals surface area contributed by atoms with Crippen molar-refractivity contribution >= 4 is 11.8 Å². The molecule has 2 aromatic rings. The number of nitrogens with one attached hydrogen (secondary N) is 1. The fourth-order valence-corrected chi connectivity index (χ4v) is 2.71. The molecule has 100 valence electrons. The second-order valence-corrected chi connectivity index (χ2v) is 5.53. The monoisotopic (exact) mass is 273 g/mol. The maximum atomic E-state index is 4.38. The van der Waals surface area contributed by atoms with Crippen LogP contribution >= 0.6 is 11.8 Å².